The van der Waals surface area contributed by atoms with Crippen LogP contribution in [-0.2, 0) is 30.6 Å². The number of aromatic nitrogens is 2. The average Bonchev–Trinajstić information content (AvgIpc) is 3.44. The van der Waals surface area contributed by atoms with Crippen LogP contribution in [0.4, 0.5) is 0 Å². The Balaban J connectivity index is 1.20. The van der Waals surface area contributed by atoms with Crippen molar-refractivity contribution in [2.75, 3.05) is 6.61 Å². The first-order valence-electron chi connectivity index (χ1n) is 10.5. The van der Waals surface area contributed by atoms with Gasteiger partial charge < -0.3 is 4.74 Å². The quantitative estimate of drug-likeness (QED) is 0.628. The Kier molecular flexibility index (Phi) is 4.89. The third-order valence-electron chi connectivity index (χ3n) is 5.83. The fourth-order valence-electron chi connectivity index (χ4n) is 4.25. The van der Waals surface area contributed by atoms with Gasteiger partial charge in [0.1, 0.15) is 11.6 Å². The molecule has 0 saturated heterocycles. The van der Waals surface area contributed by atoms with E-state index in [0.29, 0.717) is 28.8 Å². The second-order valence-corrected chi connectivity index (χ2v) is 7.90. The zero-order valence-electron chi connectivity index (χ0n) is 16.9. The largest absolute Gasteiger partial charge is 0.484 e. The van der Waals surface area contributed by atoms with Crippen LogP contribution in [0.15, 0.2) is 41.2 Å². The minimum Gasteiger partial charge on any atom is -0.484 e. The molecule has 5 rings (SSSR count). The van der Waals surface area contributed by atoms with Gasteiger partial charge in [0.05, 0.1) is 10.9 Å². The van der Waals surface area contributed by atoms with Crippen LogP contribution >= 0.6 is 0 Å². The van der Waals surface area contributed by atoms with Crippen molar-refractivity contribution in [1.29, 1.82) is 0 Å². The summed E-state index contributed by atoms with van der Waals surface area (Å²) in [4.78, 5) is 41.5. The van der Waals surface area contributed by atoms with E-state index in [4.69, 9.17) is 4.74 Å². The normalized spacial score (nSPS) is 14.2. The molecule has 0 spiro atoms. The molecule has 0 saturated carbocycles. The van der Waals surface area contributed by atoms with Crippen molar-refractivity contribution < 1.29 is 14.3 Å². The van der Waals surface area contributed by atoms with Gasteiger partial charge in [0.2, 0.25) is 0 Å². The number of ether oxygens (including phenoxy) is 1. The van der Waals surface area contributed by atoms with Gasteiger partial charge in [-0.15, -0.1) is 0 Å². The van der Waals surface area contributed by atoms with Gasteiger partial charge >= 0.3 is 0 Å². The second kappa shape index (κ2) is 7.86. The first-order chi connectivity index (χ1) is 15.1. The number of nitrogens with one attached hydrogen (secondary N) is 2. The highest BCUT2D eigenvalue weighted by Gasteiger charge is 2.17. The monoisotopic (exact) mass is 418 g/mol. The SMILES string of the molecule is O=C(COc1ccc2c(c1)CCC2)NNC(=O)c1ccc2c(=O)n3c(nc2c1)CCC3. The number of hydrogen-bond donors (Lipinski definition) is 2. The van der Waals surface area contributed by atoms with E-state index in [1.54, 1.807) is 22.8 Å². The summed E-state index contributed by atoms with van der Waals surface area (Å²) >= 11 is 0. The van der Waals surface area contributed by atoms with Crippen LogP contribution in [0.3, 0.4) is 0 Å². The molecule has 0 radical (unpaired) electrons. The standard InChI is InChI=1S/C23H22N4O4/c28-21(13-31-17-8-6-14-3-1-4-15(14)11-17)25-26-22(29)16-7-9-18-19(12-16)24-20-5-2-10-27(20)23(18)30/h6-9,11-12H,1-5,10,13H2,(H,25,28)(H,26,29). The highest BCUT2D eigenvalue weighted by Crippen LogP contribution is 2.26. The van der Waals surface area contributed by atoms with E-state index in [-0.39, 0.29) is 12.2 Å². The lowest BCUT2D eigenvalue weighted by Gasteiger charge is -2.10. The number of aryl methyl sites for hydroxylation is 3. The second-order valence-electron chi connectivity index (χ2n) is 7.90. The molecular formula is C23H22N4O4. The van der Waals surface area contributed by atoms with Crippen LogP contribution in [0.1, 0.15) is 40.2 Å². The number of amides is 2. The van der Waals surface area contributed by atoms with E-state index in [2.05, 4.69) is 15.8 Å². The van der Waals surface area contributed by atoms with Crippen LogP contribution in [0, 0.1) is 0 Å². The van der Waals surface area contributed by atoms with Gasteiger partial charge in [-0.05, 0) is 67.1 Å². The summed E-state index contributed by atoms with van der Waals surface area (Å²) in [5, 5.41) is 0.481. The molecule has 2 amide bonds. The van der Waals surface area contributed by atoms with E-state index in [9.17, 15) is 14.4 Å². The van der Waals surface area contributed by atoms with E-state index >= 15 is 0 Å². The van der Waals surface area contributed by atoms with Gasteiger partial charge in [-0.1, -0.05) is 6.07 Å². The van der Waals surface area contributed by atoms with E-state index < -0.39 is 11.8 Å². The van der Waals surface area contributed by atoms with Crippen LogP contribution in [0.25, 0.3) is 10.9 Å². The fourth-order valence-corrected chi connectivity index (χ4v) is 4.25. The Bertz CT molecular complexity index is 1260. The van der Waals surface area contributed by atoms with Crippen molar-refractivity contribution in [2.45, 2.75) is 38.6 Å². The van der Waals surface area contributed by atoms with Crippen molar-refractivity contribution in [3.8, 4) is 5.75 Å². The Morgan fingerprint density at radius 2 is 1.87 bits per heavy atom. The van der Waals surface area contributed by atoms with Gasteiger partial charge in [-0.2, -0.15) is 0 Å². The van der Waals surface area contributed by atoms with Crippen molar-refractivity contribution >= 4 is 22.7 Å². The van der Waals surface area contributed by atoms with Crippen molar-refractivity contribution in [3.05, 3.63) is 69.3 Å². The molecule has 2 N–H and O–H groups in total. The molecule has 8 nitrogen and oxygen atoms in total. The molecule has 8 heteroatoms. The Hall–Kier alpha value is -3.68. The Morgan fingerprint density at radius 1 is 1.00 bits per heavy atom. The van der Waals surface area contributed by atoms with Gasteiger partial charge in [-0.25, -0.2) is 4.98 Å². The van der Waals surface area contributed by atoms with Crippen molar-refractivity contribution in [2.24, 2.45) is 0 Å². The van der Waals surface area contributed by atoms with Crippen LogP contribution in [0.5, 0.6) is 5.75 Å². The number of benzene rings is 2. The molecule has 1 aliphatic heterocycles. The minimum atomic E-state index is -0.491. The molecule has 0 unspecified atom stereocenters. The molecule has 0 bridgehead atoms. The Labute approximate surface area is 178 Å². The molecule has 31 heavy (non-hydrogen) atoms. The molecule has 2 heterocycles. The first kappa shape index (κ1) is 19.3. The maximum Gasteiger partial charge on any atom is 0.276 e. The third kappa shape index (κ3) is 3.76. The Morgan fingerprint density at radius 3 is 2.77 bits per heavy atom. The van der Waals surface area contributed by atoms with E-state index in [1.165, 1.54) is 11.1 Å². The van der Waals surface area contributed by atoms with Gasteiger partial charge in [0.15, 0.2) is 6.61 Å². The van der Waals surface area contributed by atoms with Gasteiger partial charge in [0.25, 0.3) is 17.4 Å². The molecule has 158 valence electrons. The summed E-state index contributed by atoms with van der Waals surface area (Å²) in [6, 6.07) is 10.6. The number of fused-ring (bicyclic) bond motifs is 3. The summed E-state index contributed by atoms with van der Waals surface area (Å²) in [5.41, 5.74) is 8.04. The van der Waals surface area contributed by atoms with E-state index in [0.717, 1.165) is 37.9 Å². The number of rotatable bonds is 4. The summed E-state index contributed by atoms with van der Waals surface area (Å²) in [7, 11) is 0. The van der Waals surface area contributed by atoms with E-state index in [1.807, 2.05) is 18.2 Å². The van der Waals surface area contributed by atoms with Crippen LogP contribution in [0.2, 0.25) is 0 Å². The number of hydrazine groups is 1. The lowest BCUT2D eigenvalue weighted by atomic mass is 10.1. The summed E-state index contributed by atoms with van der Waals surface area (Å²) in [5.74, 6) is 0.424. The highest BCUT2D eigenvalue weighted by molar-refractivity contribution is 5.98. The minimum absolute atomic E-state index is 0.0820. The zero-order chi connectivity index (χ0) is 21.4. The van der Waals surface area contributed by atoms with Crippen LogP contribution < -0.4 is 21.1 Å². The smallest absolute Gasteiger partial charge is 0.276 e. The summed E-state index contributed by atoms with van der Waals surface area (Å²) in [6.45, 7) is 0.472. The molecular weight excluding hydrogens is 396 g/mol. The lowest BCUT2D eigenvalue weighted by molar-refractivity contribution is -0.123. The molecule has 2 aromatic carbocycles. The predicted molar refractivity (Wildman–Crippen MR) is 114 cm³/mol. The van der Waals surface area contributed by atoms with Crippen LogP contribution in [-0.4, -0.2) is 28.0 Å². The van der Waals surface area contributed by atoms with Crippen molar-refractivity contribution in [3.63, 3.8) is 0 Å². The third-order valence-corrected chi connectivity index (χ3v) is 5.83. The van der Waals surface area contributed by atoms with Crippen molar-refractivity contribution in [1.82, 2.24) is 20.4 Å². The number of carbonyl (C=O) groups excluding carboxylic acids is 2. The first-order valence-corrected chi connectivity index (χ1v) is 10.5. The summed E-state index contributed by atoms with van der Waals surface area (Å²) < 4.78 is 7.22. The molecule has 3 aromatic rings. The molecule has 0 fully saturated rings. The fraction of sp³-hybridized carbons (Fsp3) is 0.304. The highest BCUT2D eigenvalue weighted by atomic mass is 16.5. The number of hydrogen-bond acceptors (Lipinski definition) is 5. The summed E-state index contributed by atoms with van der Waals surface area (Å²) in [6.07, 6.45) is 4.91. The molecule has 2 aliphatic rings. The maximum atomic E-state index is 12.5. The molecule has 0 atom stereocenters. The zero-order valence-corrected chi connectivity index (χ0v) is 16.9. The van der Waals surface area contributed by atoms with Gasteiger partial charge in [0, 0.05) is 18.5 Å². The topological polar surface area (TPSA) is 102 Å². The average molecular weight is 418 g/mol. The lowest BCUT2D eigenvalue weighted by Crippen LogP contribution is -2.43. The maximum absolute atomic E-state index is 12.5. The number of carbonyl (C=O) groups is 2. The predicted octanol–water partition coefficient (Wildman–Crippen LogP) is 1.67. The number of nitrogens with zero attached hydrogens (tertiary/aromatic N) is 2. The van der Waals surface area contributed by atoms with Gasteiger partial charge in [-0.3, -0.25) is 29.8 Å². The molecule has 1 aromatic heterocycles. The molecule has 1 aliphatic carbocycles.